The van der Waals surface area contributed by atoms with Gasteiger partial charge in [-0.1, -0.05) is 24.3 Å². The van der Waals surface area contributed by atoms with Gasteiger partial charge in [0.05, 0.1) is 14.2 Å². The van der Waals surface area contributed by atoms with E-state index in [0.717, 1.165) is 11.3 Å². The second kappa shape index (κ2) is 9.46. The number of para-hydroxylation sites is 1. The SMILES string of the molecule is COc1cccc(C(=O)NCCN(Cc2ccccc2OC)C(C)=O)c1. The molecule has 0 saturated heterocycles. The van der Waals surface area contributed by atoms with Crippen molar-refractivity contribution in [1.82, 2.24) is 10.2 Å². The van der Waals surface area contributed by atoms with Crippen LogP contribution in [0, 0.1) is 0 Å². The summed E-state index contributed by atoms with van der Waals surface area (Å²) in [6, 6.07) is 14.5. The van der Waals surface area contributed by atoms with Gasteiger partial charge in [0.2, 0.25) is 5.91 Å². The minimum absolute atomic E-state index is 0.0634. The lowest BCUT2D eigenvalue weighted by atomic mass is 10.2. The third kappa shape index (κ3) is 5.24. The average Bonchev–Trinajstić information content (AvgIpc) is 2.67. The summed E-state index contributed by atoms with van der Waals surface area (Å²) < 4.78 is 10.5. The number of benzene rings is 2. The van der Waals surface area contributed by atoms with Gasteiger partial charge in [0.1, 0.15) is 11.5 Å². The van der Waals surface area contributed by atoms with E-state index in [9.17, 15) is 9.59 Å². The second-order valence-electron chi connectivity index (χ2n) is 5.74. The van der Waals surface area contributed by atoms with Gasteiger partial charge in [-0.25, -0.2) is 0 Å². The predicted molar refractivity (Wildman–Crippen MR) is 99.4 cm³/mol. The number of nitrogens with one attached hydrogen (secondary N) is 1. The van der Waals surface area contributed by atoms with Crippen molar-refractivity contribution in [2.45, 2.75) is 13.5 Å². The van der Waals surface area contributed by atoms with Crippen LogP contribution in [0.15, 0.2) is 48.5 Å². The fourth-order valence-electron chi connectivity index (χ4n) is 2.56. The summed E-state index contributed by atoms with van der Waals surface area (Å²) in [7, 11) is 3.16. The standard InChI is InChI=1S/C20H24N2O4/c1-15(23)22(14-17-7-4-5-10-19(17)26-3)12-11-21-20(24)16-8-6-9-18(13-16)25-2/h4-10,13H,11-12,14H2,1-3H3,(H,21,24). The zero-order valence-corrected chi connectivity index (χ0v) is 15.3. The van der Waals surface area contributed by atoms with Crippen LogP contribution in [0.5, 0.6) is 11.5 Å². The molecule has 0 aliphatic rings. The zero-order chi connectivity index (χ0) is 18.9. The van der Waals surface area contributed by atoms with E-state index >= 15 is 0 Å². The number of carbonyl (C=O) groups is 2. The highest BCUT2D eigenvalue weighted by molar-refractivity contribution is 5.94. The molecule has 2 aromatic rings. The van der Waals surface area contributed by atoms with Crippen LogP contribution in [0.4, 0.5) is 0 Å². The van der Waals surface area contributed by atoms with Crippen LogP contribution in [0.3, 0.4) is 0 Å². The summed E-state index contributed by atoms with van der Waals surface area (Å²) in [4.78, 5) is 25.8. The molecule has 0 radical (unpaired) electrons. The van der Waals surface area contributed by atoms with Crippen LogP contribution in [0.25, 0.3) is 0 Å². The molecule has 0 aliphatic carbocycles. The van der Waals surface area contributed by atoms with E-state index in [4.69, 9.17) is 9.47 Å². The van der Waals surface area contributed by atoms with E-state index in [0.29, 0.717) is 30.9 Å². The summed E-state index contributed by atoms with van der Waals surface area (Å²) in [5, 5.41) is 2.83. The maximum atomic E-state index is 12.2. The Kier molecular flexibility index (Phi) is 7.02. The Morgan fingerprint density at radius 2 is 1.81 bits per heavy atom. The summed E-state index contributed by atoms with van der Waals surface area (Å²) in [6.07, 6.45) is 0. The molecule has 2 aromatic carbocycles. The van der Waals surface area contributed by atoms with E-state index in [1.165, 1.54) is 6.92 Å². The van der Waals surface area contributed by atoms with Crippen LogP contribution < -0.4 is 14.8 Å². The lowest BCUT2D eigenvalue weighted by molar-refractivity contribution is -0.129. The van der Waals surface area contributed by atoms with Crippen molar-refractivity contribution in [2.24, 2.45) is 0 Å². The van der Waals surface area contributed by atoms with Crippen molar-refractivity contribution in [3.63, 3.8) is 0 Å². The van der Waals surface area contributed by atoms with Gasteiger partial charge < -0.3 is 19.7 Å². The molecular weight excluding hydrogens is 332 g/mol. The van der Waals surface area contributed by atoms with Crippen molar-refractivity contribution >= 4 is 11.8 Å². The summed E-state index contributed by atoms with van der Waals surface area (Å²) in [5.74, 6) is 1.09. The Balaban J connectivity index is 1.94. The normalized spacial score (nSPS) is 10.1. The lowest BCUT2D eigenvalue weighted by Crippen LogP contribution is -2.37. The number of methoxy groups -OCH3 is 2. The molecule has 0 spiro atoms. The van der Waals surface area contributed by atoms with Gasteiger partial charge in [0.25, 0.3) is 5.91 Å². The van der Waals surface area contributed by atoms with Crippen LogP contribution in [0.2, 0.25) is 0 Å². The molecule has 0 fully saturated rings. The fourth-order valence-corrected chi connectivity index (χ4v) is 2.56. The number of hydrogen-bond acceptors (Lipinski definition) is 4. The quantitative estimate of drug-likeness (QED) is 0.789. The molecule has 0 bridgehead atoms. The van der Waals surface area contributed by atoms with Crippen LogP contribution in [-0.4, -0.2) is 44.0 Å². The number of rotatable bonds is 8. The first-order valence-electron chi connectivity index (χ1n) is 8.34. The van der Waals surface area contributed by atoms with Crippen molar-refractivity contribution in [1.29, 1.82) is 0 Å². The Morgan fingerprint density at radius 1 is 1.04 bits per heavy atom. The Bertz CT molecular complexity index is 761. The number of hydrogen-bond donors (Lipinski definition) is 1. The van der Waals surface area contributed by atoms with Crippen molar-refractivity contribution in [3.8, 4) is 11.5 Å². The Labute approximate surface area is 153 Å². The number of nitrogens with zero attached hydrogens (tertiary/aromatic N) is 1. The minimum atomic E-state index is -0.204. The monoisotopic (exact) mass is 356 g/mol. The first-order chi connectivity index (χ1) is 12.5. The number of ether oxygens (including phenoxy) is 2. The van der Waals surface area contributed by atoms with Crippen molar-refractivity contribution in [3.05, 3.63) is 59.7 Å². The van der Waals surface area contributed by atoms with Gasteiger partial charge in [-0.15, -0.1) is 0 Å². The predicted octanol–water partition coefficient (Wildman–Crippen LogP) is 2.48. The third-order valence-electron chi connectivity index (χ3n) is 4.00. The number of carbonyl (C=O) groups excluding carboxylic acids is 2. The highest BCUT2D eigenvalue weighted by Gasteiger charge is 2.13. The maximum Gasteiger partial charge on any atom is 0.251 e. The first-order valence-corrected chi connectivity index (χ1v) is 8.34. The van der Waals surface area contributed by atoms with Gasteiger partial charge in [-0.3, -0.25) is 9.59 Å². The molecule has 0 heterocycles. The van der Waals surface area contributed by atoms with Crippen LogP contribution >= 0.6 is 0 Å². The molecule has 0 atom stereocenters. The molecule has 2 amide bonds. The van der Waals surface area contributed by atoms with E-state index in [1.807, 2.05) is 24.3 Å². The first kappa shape index (κ1) is 19.3. The molecule has 2 rings (SSSR count). The van der Waals surface area contributed by atoms with E-state index in [2.05, 4.69) is 5.32 Å². The second-order valence-corrected chi connectivity index (χ2v) is 5.74. The lowest BCUT2D eigenvalue weighted by Gasteiger charge is -2.22. The molecule has 6 nitrogen and oxygen atoms in total. The summed E-state index contributed by atoms with van der Waals surface area (Å²) >= 11 is 0. The molecule has 6 heteroatoms. The largest absolute Gasteiger partial charge is 0.497 e. The summed E-state index contributed by atoms with van der Waals surface area (Å²) in [6.45, 7) is 2.70. The Morgan fingerprint density at radius 3 is 2.50 bits per heavy atom. The molecule has 0 aliphatic heterocycles. The topological polar surface area (TPSA) is 67.9 Å². The van der Waals surface area contributed by atoms with Crippen molar-refractivity contribution < 1.29 is 19.1 Å². The van der Waals surface area contributed by atoms with Gasteiger partial charge in [-0.05, 0) is 24.3 Å². The van der Waals surface area contributed by atoms with Gasteiger partial charge >= 0.3 is 0 Å². The maximum absolute atomic E-state index is 12.2. The zero-order valence-electron chi connectivity index (χ0n) is 15.3. The van der Waals surface area contributed by atoms with E-state index < -0.39 is 0 Å². The molecular formula is C20H24N2O4. The highest BCUT2D eigenvalue weighted by atomic mass is 16.5. The molecule has 0 aromatic heterocycles. The summed E-state index contributed by atoms with van der Waals surface area (Å²) in [5.41, 5.74) is 1.44. The average molecular weight is 356 g/mol. The van der Waals surface area contributed by atoms with Crippen LogP contribution in [0.1, 0.15) is 22.8 Å². The minimum Gasteiger partial charge on any atom is -0.497 e. The van der Waals surface area contributed by atoms with Gasteiger partial charge in [0.15, 0.2) is 0 Å². The molecule has 0 unspecified atom stereocenters. The van der Waals surface area contributed by atoms with Gasteiger partial charge in [-0.2, -0.15) is 0 Å². The Hall–Kier alpha value is -3.02. The number of amides is 2. The van der Waals surface area contributed by atoms with Crippen molar-refractivity contribution in [2.75, 3.05) is 27.3 Å². The fraction of sp³-hybridized carbons (Fsp3) is 0.300. The van der Waals surface area contributed by atoms with E-state index in [1.54, 1.807) is 43.4 Å². The molecule has 1 N–H and O–H groups in total. The van der Waals surface area contributed by atoms with Gasteiger partial charge in [0, 0.05) is 37.7 Å². The molecule has 138 valence electrons. The molecule has 0 saturated carbocycles. The van der Waals surface area contributed by atoms with Crippen LogP contribution in [-0.2, 0) is 11.3 Å². The molecule has 26 heavy (non-hydrogen) atoms. The van der Waals surface area contributed by atoms with E-state index in [-0.39, 0.29) is 11.8 Å². The third-order valence-corrected chi connectivity index (χ3v) is 4.00. The highest BCUT2D eigenvalue weighted by Crippen LogP contribution is 2.19. The smallest absolute Gasteiger partial charge is 0.251 e.